The molecule has 0 amide bonds. The average molecular weight is 228 g/mol. The number of hydrogen-bond acceptors (Lipinski definition) is 4. The second-order valence-corrected chi connectivity index (χ2v) is 4.16. The van der Waals surface area contributed by atoms with Crippen LogP contribution in [0.4, 0.5) is 0 Å². The van der Waals surface area contributed by atoms with Crippen LogP contribution in [0.5, 0.6) is 0 Å². The van der Waals surface area contributed by atoms with E-state index in [0.29, 0.717) is 5.56 Å². The van der Waals surface area contributed by atoms with Crippen molar-refractivity contribution < 1.29 is 4.79 Å². The fourth-order valence-electron chi connectivity index (χ4n) is 1.39. The average Bonchev–Trinajstić information content (AvgIpc) is 2.85. The Morgan fingerprint density at radius 3 is 2.69 bits per heavy atom. The van der Waals surface area contributed by atoms with E-state index in [2.05, 4.69) is 4.98 Å². The predicted octanol–water partition coefficient (Wildman–Crippen LogP) is 2.63. The molecule has 16 heavy (non-hydrogen) atoms. The number of aromatic nitrogens is 1. The van der Waals surface area contributed by atoms with Gasteiger partial charge in [-0.25, -0.2) is 0 Å². The summed E-state index contributed by atoms with van der Waals surface area (Å²) >= 11 is 1.42. The Balaban J connectivity index is 2.31. The van der Waals surface area contributed by atoms with Gasteiger partial charge < -0.3 is 0 Å². The van der Waals surface area contributed by atoms with Crippen molar-refractivity contribution >= 4 is 17.1 Å². The molecule has 2 rings (SSSR count). The molecular formula is C12H8N2OS. The minimum absolute atomic E-state index is 0.174. The molecule has 78 valence electrons. The van der Waals surface area contributed by atoms with Crippen molar-refractivity contribution in [3.8, 4) is 6.07 Å². The Morgan fingerprint density at radius 1 is 1.38 bits per heavy atom. The summed E-state index contributed by atoms with van der Waals surface area (Å²) in [6.45, 7) is 0. The summed E-state index contributed by atoms with van der Waals surface area (Å²) in [5.41, 5.74) is 0.523. The highest BCUT2D eigenvalue weighted by atomic mass is 32.1. The number of rotatable bonds is 3. The van der Waals surface area contributed by atoms with Crippen molar-refractivity contribution in [1.29, 1.82) is 5.26 Å². The SMILES string of the molecule is N#CC(C(=O)c1ccncc1)c1cccs1. The van der Waals surface area contributed by atoms with Crippen molar-refractivity contribution in [2.45, 2.75) is 5.92 Å². The van der Waals surface area contributed by atoms with E-state index < -0.39 is 5.92 Å². The normalized spacial score (nSPS) is 11.7. The van der Waals surface area contributed by atoms with Crippen LogP contribution >= 0.6 is 11.3 Å². The molecule has 0 aliphatic rings. The van der Waals surface area contributed by atoms with Crippen molar-refractivity contribution in [3.63, 3.8) is 0 Å². The van der Waals surface area contributed by atoms with Crippen LogP contribution in [-0.4, -0.2) is 10.8 Å². The second kappa shape index (κ2) is 4.69. The van der Waals surface area contributed by atoms with Crippen molar-refractivity contribution in [2.24, 2.45) is 0 Å². The fourth-order valence-corrected chi connectivity index (χ4v) is 2.16. The van der Waals surface area contributed by atoms with Crippen molar-refractivity contribution in [3.05, 3.63) is 52.5 Å². The lowest BCUT2D eigenvalue weighted by atomic mass is 9.98. The van der Waals surface area contributed by atoms with Crippen LogP contribution in [0.1, 0.15) is 21.2 Å². The summed E-state index contributed by atoms with van der Waals surface area (Å²) in [4.78, 5) is 16.7. The Labute approximate surface area is 97.0 Å². The third-order valence-electron chi connectivity index (χ3n) is 2.18. The first kappa shape index (κ1) is 10.5. The van der Waals surface area contributed by atoms with Crippen molar-refractivity contribution in [2.75, 3.05) is 0 Å². The molecule has 0 fully saturated rings. The Kier molecular flexibility index (Phi) is 3.08. The predicted molar refractivity (Wildman–Crippen MR) is 61.2 cm³/mol. The van der Waals surface area contributed by atoms with E-state index in [4.69, 9.17) is 5.26 Å². The molecule has 0 aliphatic carbocycles. The highest BCUT2D eigenvalue weighted by molar-refractivity contribution is 7.10. The molecule has 0 radical (unpaired) electrons. The van der Waals surface area contributed by atoms with Gasteiger partial charge in [-0.3, -0.25) is 9.78 Å². The first-order valence-corrected chi connectivity index (χ1v) is 5.58. The topological polar surface area (TPSA) is 53.8 Å². The molecule has 0 saturated heterocycles. The highest BCUT2D eigenvalue weighted by Gasteiger charge is 2.22. The maximum atomic E-state index is 12.0. The van der Waals surface area contributed by atoms with Gasteiger partial charge in [-0.1, -0.05) is 6.07 Å². The third kappa shape index (κ3) is 2.00. The number of thiophene rings is 1. The standard InChI is InChI=1S/C12H8N2OS/c13-8-10(11-2-1-7-16-11)12(15)9-3-5-14-6-4-9/h1-7,10H. The monoisotopic (exact) mass is 228 g/mol. The van der Waals surface area contributed by atoms with E-state index in [0.717, 1.165) is 4.88 Å². The van der Waals surface area contributed by atoms with Crippen LogP contribution < -0.4 is 0 Å². The summed E-state index contributed by atoms with van der Waals surface area (Å²) in [5, 5.41) is 10.9. The maximum Gasteiger partial charge on any atom is 0.185 e. The van der Waals surface area contributed by atoms with E-state index in [9.17, 15) is 4.79 Å². The van der Waals surface area contributed by atoms with Crippen LogP contribution in [-0.2, 0) is 0 Å². The van der Waals surface area contributed by atoms with Gasteiger partial charge in [0.25, 0.3) is 0 Å². The van der Waals surface area contributed by atoms with Crippen molar-refractivity contribution in [1.82, 2.24) is 4.98 Å². The zero-order valence-electron chi connectivity index (χ0n) is 8.33. The second-order valence-electron chi connectivity index (χ2n) is 3.18. The Hall–Kier alpha value is -1.99. The molecule has 2 aromatic rings. The van der Waals surface area contributed by atoms with E-state index in [1.807, 2.05) is 17.5 Å². The van der Waals surface area contributed by atoms with Gasteiger partial charge in [0, 0.05) is 22.8 Å². The molecule has 0 spiro atoms. The molecule has 3 nitrogen and oxygen atoms in total. The number of Topliss-reactive ketones (excluding diaryl/α,β-unsaturated/α-hetero) is 1. The minimum Gasteiger partial charge on any atom is -0.292 e. The Morgan fingerprint density at radius 2 is 2.12 bits per heavy atom. The lowest BCUT2D eigenvalue weighted by Gasteiger charge is -2.05. The summed E-state index contributed by atoms with van der Waals surface area (Å²) in [7, 11) is 0. The fraction of sp³-hybridized carbons (Fsp3) is 0.0833. The molecule has 0 bridgehead atoms. The zero-order chi connectivity index (χ0) is 11.4. The van der Waals surface area contributed by atoms with Crippen LogP contribution in [0, 0.1) is 11.3 Å². The number of carbonyl (C=O) groups excluding carboxylic acids is 1. The molecule has 0 aliphatic heterocycles. The van der Waals surface area contributed by atoms with Crippen LogP contribution in [0.2, 0.25) is 0 Å². The van der Waals surface area contributed by atoms with Crippen LogP contribution in [0.15, 0.2) is 42.0 Å². The number of hydrogen-bond donors (Lipinski definition) is 0. The lowest BCUT2D eigenvalue weighted by molar-refractivity contribution is 0.0980. The largest absolute Gasteiger partial charge is 0.292 e. The summed E-state index contributed by atoms with van der Waals surface area (Å²) in [5.74, 6) is -0.880. The van der Waals surface area contributed by atoms with E-state index >= 15 is 0 Å². The Bertz CT molecular complexity index is 514. The van der Waals surface area contributed by atoms with E-state index in [1.54, 1.807) is 30.6 Å². The van der Waals surface area contributed by atoms with E-state index in [1.165, 1.54) is 11.3 Å². The maximum absolute atomic E-state index is 12.0. The minimum atomic E-state index is -0.706. The smallest absolute Gasteiger partial charge is 0.185 e. The molecule has 0 N–H and O–H groups in total. The zero-order valence-corrected chi connectivity index (χ0v) is 9.15. The van der Waals surface area contributed by atoms with Gasteiger partial charge in [0.1, 0.15) is 5.92 Å². The van der Waals surface area contributed by atoms with Gasteiger partial charge in [-0.05, 0) is 23.6 Å². The summed E-state index contributed by atoms with van der Waals surface area (Å²) in [6.07, 6.45) is 3.10. The number of nitrogens with zero attached hydrogens (tertiary/aromatic N) is 2. The van der Waals surface area contributed by atoms with Gasteiger partial charge in [0.2, 0.25) is 0 Å². The first-order valence-electron chi connectivity index (χ1n) is 4.70. The number of pyridine rings is 1. The molecule has 4 heteroatoms. The summed E-state index contributed by atoms with van der Waals surface area (Å²) in [6, 6.07) is 8.93. The summed E-state index contributed by atoms with van der Waals surface area (Å²) < 4.78 is 0. The molecule has 2 heterocycles. The van der Waals surface area contributed by atoms with Gasteiger partial charge in [-0.2, -0.15) is 5.26 Å². The molecule has 0 saturated carbocycles. The van der Waals surface area contributed by atoms with Crippen LogP contribution in [0.25, 0.3) is 0 Å². The quantitative estimate of drug-likeness (QED) is 0.759. The van der Waals surface area contributed by atoms with E-state index in [-0.39, 0.29) is 5.78 Å². The van der Waals surface area contributed by atoms with Gasteiger partial charge in [0.05, 0.1) is 6.07 Å². The number of nitriles is 1. The third-order valence-corrected chi connectivity index (χ3v) is 3.12. The molecular weight excluding hydrogens is 220 g/mol. The molecule has 0 aromatic carbocycles. The highest BCUT2D eigenvalue weighted by Crippen LogP contribution is 2.24. The van der Waals surface area contributed by atoms with Crippen LogP contribution in [0.3, 0.4) is 0 Å². The lowest BCUT2D eigenvalue weighted by Crippen LogP contribution is -2.09. The van der Waals surface area contributed by atoms with Gasteiger partial charge in [0.15, 0.2) is 5.78 Å². The van der Waals surface area contributed by atoms with Gasteiger partial charge >= 0.3 is 0 Å². The number of ketones is 1. The molecule has 2 aromatic heterocycles. The molecule has 1 atom stereocenters. The molecule has 1 unspecified atom stereocenters. The first-order chi connectivity index (χ1) is 7.83. The van der Waals surface area contributed by atoms with Gasteiger partial charge in [-0.15, -0.1) is 11.3 Å². The number of carbonyl (C=O) groups is 1.